The first-order valence-electron chi connectivity index (χ1n) is 7.86. The van der Waals surface area contributed by atoms with Crippen molar-refractivity contribution in [3.63, 3.8) is 0 Å². The van der Waals surface area contributed by atoms with Gasteiger partial charge in [0.1, 0.15) is 18.2 Å². The summed E-state index contributed by atoms with van der Waals surface area (Å²) >= 11 is 0. The molecule has 1 saturated carbocycles. The summed E-state index contributed by atoms with van der Waals surface area (Å²) in [5.74, 6) is -2.63. The number of nitrogens with zero attached hydrogens (tertiary/aromatic N) is 1. The minimum absolute atomic E-state index is 0.0184. The average Bonchev–Trinajstić information content (AvgIpc) is 3.42. The molecular weight excluding hydrogens is 330 g/mol. The van der Waals surface area contributed by atoms with Crippen molar-refractivity contribution >= 4 is 11.9 Å². The smallest absolute Gasteiger partial charge is 0.309 e. The Labute approximate surface area is 143 Å². The molecule has 1 aliphatic carbocycles. The zero-order chi connectivity index (χ0) is 17.8. The van der Waals surface area contributed by atoms with Gasteiger partial charge in [-0.3, -0.25) is 14.6 Å². The van der Waals surface area contributed by atoms with Crippen molar-refractivity contribution in [3.8, 4) is 0 Å². The van der Waals surface area contributed by atoms with Crippen molar-refractivity contribution < 1.29 is 23.1 Å². The molecule has 1 heterocycles. The molecule has 1 aliphatic rings. The van der Waals surface area contributed by atoms with E-state index in [4.69, 9.17) is 4.74 Å². The molecule has 0 bridgehead atoms. The summed E-state index contributed by atoms with van der Waals surface area (Å²) in [4.78, 5) is 27.5. The Kier molecular flexibility index (Phi) is 5.02. The third-order valence-corrected chi connectivity index (χ3v) is 4.03. The number of hydrogen-bond donors (Lipinski definition) is 1. The molecule has 5 nitrogen and oxygen atoms in total. The van der Waals surface area contributed by atoms with E-state index < -0.39 is 23.5 Å². The van der Waals surface area contributed by atoms with Crippen LogP contribution >= 0.6 is 0 Å². The molecule has 1 aromatic carbocycles. The highest BCUT2D eigenvalue weighted by Crippen LogP contribution is 2.49. The molecule has 3 rings (SSSR count). The van der Waals surface area contributed by atoms with Crippen LogP contribution in [-0.2, 0) is 9.53 Å². The number of pyridine rings is 1. The van der Waals surface area contributed by atoms with Crippen LogP contribution in [0.5, 0.6) is 0 Å². The van der Waals surface area contributed by atoms with Crippen LogP contribution in [0.25, 0.3) is 0 Å². The number of hydrogen-bond acceptors (Lipinski definition) is 4. The maximum absolute atomic E-state index is 13.7. The van der Waals surface area contributed by atoms with E-state index in [1.54, 1.807) is 12.1 Å². The highest BCUT2D eigenvalue weighted by molar-refractivity contribution is 5.93. The number of ether oxygens (including phenoxy) is 1. The summed E-state index contributed by atoms with van der Waals surface area (Å²) in [6.45, 7) is 0.184. The number of aromatic nitrogens is 1. The molecule has 1 fully saturated rings. The SMILES string of the molecule is O=C(NCCOC(=O)[C@H]1C[C@@H]1c1cc(F)ccc1F)c1ccncc1. The van der Waals surface area contributed by atoms with Gasteiger partial charge in [0.25, 0.3) is 5.91 Å². The molecule has 1 N–H and O–H groups in total. The third kappa shape index (κ3) is 4.17. The van der Waals surface area contributed by atoms with Crippen LogP contribution in [-0.4, -0.2) is 30.0 Å². The maximum Gasteiger partial charge on any atom is 0.309 e. The van der Waals surface area contributed by atoms with Crippen LogP contribution in [0.3, 0.4) is 0 Å². The highest BCUT2D eigenvalue weighted by Gasteiger charge is 2.46. The van der Waals surface area contributed by atoms with Gasteiger partial charge in [-0.1, -0.05) is 0 Å². The average molecular weight is 346 g/mol. The lowest BCUT2D eigenvalue weighted by Gasteiger charge is -2.07. The monoisotopic (exact) mass is 346 g/mol. The molecule has 1 amide bonds. The Morgan fingerprint density at radius 2 is 1.96 bits per heavy atom. The molecule has 0 aliphatic heterocycles. The van der Waals surface area contributed by atoms with Crippen LogP contribution in [0.4, 0.5) is 8.78 Å². The second-order valence-corrected chi connectivity index (χ2v) is 5.77. The van der Waals surface area contributed by atoms with Crippen LogP contribution in [0.15, 0.2) is 42.7 Å². The van der Waals surface area contributed by atoms with E-state index in [0.29, 0.717) is 12.0 Å². The number of esters is 1. The van der Waals surface area contributed by atoms with Crippen LogP contribution in [0.2, 0.25) is 0 Å². The van der Waals surface area contributed by atoms with Gasteiger partial charge in [-0.05, 0) is 42.3 Å². The van der Waals surface area contributed by atoms with Gasteiger partial charge in [0, 0.05) is 23.9 Å². The second kappa shape index (κ2) is 7.38. The fraction of sp³-hybridized carbons (Fsp3) is 0.278. The first kappa shape index (κ1) is 17.0. The number of halogens is 2. The van der Waals surface area contributed by atoms with Crippen molar-refractivity contribution in [2.75, 3.05) is 13.2 Å². The van der Waals surface area contributed by atoms with E-state index in [0.717, 1.165) is 18.2 Å². The number of rotatable bonds is 6. The summed E-state index contributed by atoms with van der Waals surface area (Å²) in [7, 11) is 0. The molecule has 130 valence electrons. The predicted molar refractivity (Wildman–Crippen MR) is 84.7 cm³/mol. The Balaban J connectivity index is 1.42. The van der Waals surface area contributed by atoms with E-state index in [-0.39, 0.29) is 30.5 Å². The summed E-state index contributed by atoms with van der Waals surface area (Å²) in [6.07, 6.45) is 3.45. The fourth-order valence-electron chi connectivity index (χ4n) is 2.63. The van der Waals surface area contributed by atoms with E-state index in [1.165, 1.54) is 12.4 Å². The van der Waals surface area contributed by atoms with Crippen LogP contribution < -0.4 is 5.32 Å². The van der Waals surface area contributed by atoms with Gasteiger partial charge >= 0.3 is 5.97 Å². The second-order valence-electron chi connectivity index (χ2n) is 5.77. The molecule has 25 heavy (non-hydrogen) atoms. The van der Waals surface area contributed by atoms with Crippen molar-refractivity contribution in [1.29, 1.82) is 0 Å². The Morgan fingerprint density at radius 3 is 2.72 bits per heavy atom. The summed E-state index contributed by atoms with van der Waals surface area (Å²) in [5, 5.41) is 2.62. The number of benzene rings is 1. The Hall–Kier alpha value is -2.83. The molecule has 0 spiro atoms. The van der Waals surface area contributed by atoms with Gasteiger partial charge in [-0.25, -0.2) is 8.78 Å². The van der Waals surface area contributed by atoms with Gasteiger partial charge < -0.3 is 10.1 Å². The normalized spacial score (nSPS) is 18.5. The zero-order valence-corrected chi connectivity index (χ0v) is 13.2. The Morgan fingerprint density at radius 1 is 1.20 bits per heavy atom. The van der Waals surface area contributed by atoms with Crippen molar-refractivity contribution in [3.05, 3.63) is 65.5 Å². The van der Waals surface area contributed by atoms with E-state index in [1.807, 2.05) is 0 Å². The minimum atomic E-state index is -0.533. The molecular formula is C18H16F2N2O3. The molecule has 0 radical (unpaired) electrons. The summed E-state index contributed by atoms with van der Waals surface area (Å²) in [6, 6.07) is 6.36. The van der Waals surface area contributed by atoms with Crippen LogP contribution in [0, 0.1) is 17.6 Å². The number of carbonyl (C=O) groups is 2. The summed E-state index contributed by atoms with van der Waals surface area (Å²) < 4.78 is 32.0. The van der Waals surface area contributed by atoms with Gasteiger partial charge in [0.15, 0.2) is 0 Å². The van der Waals surface area contributed by atoms with Gasteiger partial charge in [0.05, 0.1) is 12.5 Å². The number of nitrogens with one attached hydrogen (secondary N) is 1. The summed E-state index contributed by atoms with van der Waals surface area (Å²) in [5.41, 5.74) is 0.665. The van der Waals surface area contributed by atoms with E-state index in [2.05, 4.69) is 10.3 Å². The molecule has 0 saturated heterocycles. The van der Waals surface area contributed by atoms with Crippen molar-refractivity contribution in [1.82, 2.24) is 10.3 Å². The number of amides is 1. The fourth-order valence-corrected chi connectivity index (χ4v) is 2.63. The molecule has 2 aromatic rings. The Bertz CT molecular complexity index is 783. The third-order valence-electron chi connectivity index (χ3n) is 4.03. The first-order valence-corrected chi connectivity index (χ1v) is 7.86. The minimum Gasteiger partial charge on any atom is -0.464 e. The van der Waals surface area contributed by atoms with E-state index >= 15 is 0 Å². The quantitative estimate of drug-likeness (QED) is 0.644. The molecule has 2 atom stereocenters. The standard InChI is InChI=1S/C18H16F2N2O3/c19-12-1-2-16(20)14(9-12)13-10-15(13)18(24)25-8-7-22-17(23)11-3-5-21-6-4-11/h1-6,9,13,15H,7-8,10H2,(H,22,23)/t13-,15+/m1/s1. The van der Waals surface area contributed by atoms with E-state index in [9.17, 15) is 18.4 Å². The highest BCUT2D eigenvalue weighted by atomic mass is 19.1. The van der Waals surface area contributed by atoms with Gasteiger partial charge in [-0.15, -0.1) is 0 Å². The maximum atomic E-state index is 13.7. The number of carbonyl (C=O) groups excluding carboxylic acids is 2. The van der Waals surface area contributed by atoms with Gasteiger partial charge in [0.2, 0.25) is 0 Å². The first-order chi connectivity index (χ1) is 12.1. The molecule has 0 unspecified atom stereocenters. The zero-order valence-electron chi connectivity index (χ0n) is 13.2. The lowest BCUT2D eigenvalue weighted by Crippen LogP contribution is -2.28. The lowest BCUT2D eigenvalue weighted by molar-refractivity contribution is -0.145. The molecule has 1 aromatic heterocycles. The van der Waals surface area contributed by atoms with Crippen LogP contribution in [0.1, 0.15) is 28.3 Å². The largest absolute Gasteiger partial charge is 0.464 e. The van der Waals surface area contributed by atoms with Gasteiger partial charge in [-0.2, -0.15) is 0 Å². The molecule has 7 heteroatoms. The topological polar surface area (TPSA) is 68.3 Å². The van der Waals surface area contributed by atoms with Crippen molar-refractivity contribution in [2.24, 2.45) is 5.92 Å². The van der Waals surface area contributed by atoms with Crippen molar-refractivity contribution in [2.45, 2.75) is 12.3 Å². The lowest BCUT2D eigenvalue weighted by atomic mass is 10.1. The predicted octanol–water partition coefficient (Wildman–Crippen LogP) is 2.44.